The zero-order valence-electron chi connectivity index (χ0n) is 21.2. The number of anilines is 2. The first-order valence-corrected chi connectivity index (χ1v) is 12.6. The molecule has 2 unspecified atom stereocenters. The van der Waals surface area contributed by atoms with E-state index in [4.69, 9.17) is 9.26 Å². The molecule has 0 saturated heterocycles. The van der Waals surface area contributed by atoms with E-state index in [-0.39, 0.29) is 0 Å². The highest BCUT2D eigenvalue weighted by atomic mass is 16.6. The van der Waals surface area contributed by atoms with Crippen molar-refractivity contribution in [3.63, 3.8) is 0 Å². The van der Waals surface area contributed by atoms with Crippen molar-refractivity contribution in [3.05, 3.63) is 89.7 Å². The van der Waals surface area contributed by atoms with Crippen LogP contribution in [-0.2, 0) is 9.53 Å². The zero-order chi connectivity index (χ0) is 26.6. The summed E-state index contributed by atoms with van der Waals surface area (Å²) >= 11 is 0. The van der Waals surface area contributed by atoms with Crippen LogP contribution in [0.5, 0.6) is 0 Å². The number of carbonyl (C=O) groups is 2. The third-order valence-corrected chi connectivity index (χ3v) is 6.85. The molecule has 0 fully saturated rings. The molecule has 8 heteroatoms. The summed E-state index contributed by atoms with van der Waals surface area (Å²) in [7, 11) is 0. The highest BCUT2D eigenvalue weighted by molar-refractivity contribution is 5.91. The van der Waals surface area contributed by atoms with Gasteiger partial charge in [0.2, 0.25) is 0 Å². The van der Waals surface area contributed by atoms with E-state index in [2.05, 4.69) is 15.8 Å². The van der Waals surface area contributed by atoms with Crippen LogP contribution < -0.4 is 10.6 Å². The first-order chi connectivity index (χ1) is 18.4. The van der Waals surface area contributed by atoms with E-state index in [9.17, 15) is 14.7 Å². The third-order valence-electron chi connectivity index (χ3n) is 6.85. The normalized spacial score (nSPS) is 15.5. The van der Waals surface area contributed by atoms with Crippen LogP contribution in [0.3, 0.4) is 0 Å². The Labute approximate surface area is 220 Å². The van der Waals surface area contributed by atoms with Gasteiger partial charge < -0.3 is 19.7 Å². The average molecular weight is 512 g/mol. The van der Waals surface area contributed by atoms with E-state index < -0.39 is 24.1 Å². The number of benzene rings is 3. The number of carboxylic acids is 1. The average Bonchev–Trinajstić information content (AvgIpc) is 3.14. The van der Waals surface area contributed by atoms with Gasteiger partial charge in [0.25, 0.3) is 0 Å². The lowest BCUT2D eigenvalue weighted by Crippen LogP contribution is -2.16. The maximum Gasteiger partial charge on any atom is 0.412 e. The Balaban J connectivity index is 1.34. The van der Waals surface area contributed by atoms with E-state index in [1.54, 1.807) is 6.92 Å². The van der Waals surface area contributed by atoms with Gasteiger partial charge in [-0.15, -0.1) is 0 Å². The van der Waals surface area contributed by atoms with Crippen LogP contribution >= 0.6 is 0 Å². The Hall–Kier alpha value is -4.59. The van der Waals surface area contributed by atoms with Crippen molar-refractivity contribution < 1.29 is 24.0 Å². The van der Waals surface area contributed by atoms with E-state index >= 15 is 0 Å². The highest BCUT2D eigenvalue weighted by Gasteiger charge is 2.25. The van der Waals surface area contributed by atoms with Gasteiger partial charge in [-0.25, -0.2) is 4.79 Å². The summed E-state index contributed by atoms with van der Waals surface area (Å²) in [5.41, 5.74) is 6.25. The summed E-state index contributed by atoms with van der Waals surface area (Å²) in [5, 5.41) is 19.9. The lowest BCUT2D eigenvalue weighted by Gasteiger charge is -2.15. The van der Waals surface area contributed by atoms with Crippen molar-refractivity contribution in [2.24, 2.45) is 0 Å². The van der Waals surface area contributed by atoms with Crippen LogP contribution in [0.15, 0.2) is 77.3 Å². The molecule has 0 radical (unpaired) electrons. The van der Waals surface area contributed by atoms with Gasteiger partial charge in [-0.3, -0.25) is 10.1 Å². The van der Waals surface area contributed by atoms with Crippen LogP contribution in [-0.4, -0.2) is 28.9 Å². The van der Waals surface area contributed by atoms with Gasteiger partial charge in [0, 0.05) is 17.8 Å². The van der Waals surface area contributed by atoms with Gasteiger partial charge in [-0.2, -0.15) is 0 Å². The monoisotopic (exact) mass is 511 g/mol. The summed E-state index contributed by atoms with van der Waals surface area (Å²) < 4.78 is 10.9. The van der Waals surface area contributed by atoms with E-state index in [1.807, 2.05) is 79.7 Å². The first-order valence-electron chi connectivity index (χ1n) is 12.6. The fraction of sp³-hybridized carbons (Fsp3) is 0.233. The van der Waals surface area contributed by atoms with Gasteiger partial charge in [-0.05, 0) is 55.0 Å². The number of rotatable bonds is 6. The van der Waals surface area contributed by atoms with Crippen molar-refractivity contribution in [1.82, 2.24) is 5.16 Å². The van der Waals surface area contributed by atoms with Gasteiger partial charge in [0.1, 0.15) is 17.5 Å². The lowest BCUT2D eigenvalue weighted by molar-refractivity contribution is -0.138. The maximum atomic E-state index is 12.6. The molecule has 0 bridgehead atoms. The second-order valence-corrected chi connectivity index (χ2v) is 9.38. The molecule has 1 aliphatic rings. The van der Waals surface area contributed by atoms with Gasteiger partial charge in [0.15, 0.2) is 5.76 Å². The van der Waals surface area contributed by atoms with Gasteiger partial charge >= 0.3 is 12.1 Å². The molecule has 3 N–H and O–H groups in total. The Morgan fingerprint density at radius 3 is 2.50 bits per heavy atom. The molecular formula is C30H29N3O5. The number of nitrogens with one attached hydrogen (secondary N) is 2. The molecule has 5 rings (SSSR count). The molecule has 0 spiro atoms. The molecule has 3 aromatic carbocycles. The molecule has 194 valence electrons. The number of hydrogen-bond acceptors (Lipinski definition) is 6. The number of hydrogen-bond donors (Lipinski definition) is 3. The molecule has 2 heterocycles. The van der Waals surface area contributed by atoms with Crippen LogP contribution in [0.25, 0.3) is 22.4 Å². The van der Waals surface area contributed by atoms with Gasteiger partial charge in [-0.1, -0.05) is 71.9 Å². The number of aryl methyl sites for hydroxylation is 1. The van der Waals surface area contributed by atoms with Crippen molar-refractivity contribution >= 4 is 23.4 Å². The fourth-order valence-corrected chi connectivity index (χ4v) is 4.76. The Morgan fingerprint density at radius 1 is 1.05 bits per heavy atom. The lowest BCUT2D eigenvalue weighted by atomic mass is 9.92. The number of nitrogens with zero attached hydrogens (tertiary/aromatic N) is 1. The number of ether oxygens (including phenoxy) is 1. The molecule has 4 aromatic rings. The quantitative estimate of drug-likeness (QED) is 0.255. The fourth-order valence-electron chi connectivity index (χ4n) is 4.76. The van der Waals surface area contributed by atoms with Crippen LogP contribution in [0.4, 0.5) is 16.2 Å². The molecular weight excluding hydrogens is 482 g/mol. The standard InChI is InChI=1S/C30H29N3O5/c1-18(20-7-4-3-5-8-20)37-30(36)32-27-19(2)38-33-28(27)22-12-10-21(11-13-22)23-14-15-24-25(29(34)35)9-6-16-31-26(24)17-23/h3-5,7-8,10-15,17-18,25,31H,6,9,16H2,1-2H3,(H,32,36)(H,34,35). The number of carbonyl (C=O) groups excluding carboxylic acids is 1. The Kier molecular flexibility index (Phi) is 7.13. The van der Waals surface area contributed by atoms with Crippen molar-refractivity contribution in [2.75, 3.05) is 17.2 Å². The largest absolute Gasteiger partial charge is 0.481 e. The second kappa shape index (κ2) is 10.8. The highest BCUT2D eigenvalue weighted by Crippen LogP contribution is 2.36. The smallest absolute Gasteiger partial charge is 0.412 e. The van der Waals surface area contributed by atoms with E-state index in [1.165, 1.54) is 0 Å². The minimum absolute atomic E-state index is 0.416. The summed E-state index contributed by atoms with van der Waals surface area (Å²) in [6.07, 6.45) is 0.417. The maximum absolute atomic E-state index is 12.6. The minimum Gasteiger partial charge on any atom is -0.481 e. The van der Waals surface area contributed by atoms with Crippen molar-refractivity contribution in [1.29, 1.82) is 0 Å². The second-order valence-electron chi connectivity index (χ2n) is 9.38. The number of amides is 1. The van der Waals surface area contributed by atoms with Crippen LogP contribution in [0.2, 0.25) is 0 Å². The molecule has 1 aliphatic heterocycles. The summed E-state index contributed by atoms with van der Waals surface area (Å²) in [5.74, 6) is -0.823. The first kappa shape index (κ1) is 25.1. The SMILES string of the molecule is Cc1onc(-c2ccc(-c3ccc4c(c3)NCCCC4C(=O)O)cc2)c1NC(=O)OC(C)c1ccccc1. The van der Waals surface area contributed by atoms with Crippen molar-refractivity contribution in [3.8, 4) is 22.4 Å². The summed E-state index contributed by atoms with van der Waals surface area (Å²) in [6.45, 7) is 4.29. The molecule has 38 heavy (non-hydrogen) atoms. The van der Waals surface area contributed by atoms with Gasteiger partial charge in [0.05, 0.1) is 5.92 Å². The number of aromatic nitrogens is 1. The number of carboxylic acid groups (broad SMARTS) is 1. The summed E-state index contributed by atoms with van der Waals surface area (Å²) in [4.78, 5) is 24.4. The predicted octanol–water partition coefficient (Wildman–Crippen LogP) is 7.00. The van der Waals surface area contributed by atoms with Crippen LogP contribution in [0.1, 0.15) is 48.7 Å². The van der Waals surface area contributed by atoms with E-state index in [0.29, 0.717) is 23.6 Å². The van der Waals surface area contributed by atoms with Crippen LogP contribution in [0, 0.1) is 6.92 Å². The topological polar surface area (TPSA) is 114 Å². The third kappa shape index (κ3) is 5.25. The molecule has 2 atom stereocenters. The van der Waals surface area contributed by atoms with E-state index in [0.717, 1.165) is 46.5 Å². The number of aliphatic carboxylic acids is 1. The minimum atomic E-state index is -0.794. The number of fused-ring (bicyclic) bond motifs is 1. The predicted molar refractivity (Wildman–Crippen MR) is 145 cm³/mol. The Bertz CT molecular complexity index is 1450. The molecule has 1 amide bonds. The molecule has 8 nitrogen and oxygen atoms in total. The molecule has 1 aromatic heterocycles. The molecule has 0 saturated carbocycles. The zero-order valence-corrected chi connectivity index (χ0v) is 21.2. The molecule has 0 aliphatic carbocycles. The Morgan fingerprint density at radius 2 is 1.76 bits per heavy atom. The summed E-state index contributed by atoms with van der Waals surface area (Å²) in [6, 6.07) is 23.1. The van der Waals surface area contributed by atoms with Crippen molar-refractivity contribution in [2.45, 2.75) is 38.7 Å².